The topological polar surface area (TPSA) is 0 Å². The second-order valence-corrected chi connectivity index (χ2v) is 0. The SMILES string of the molecule is C.CC.CC.CC.CC.CC.CC.CC.CC.CC.[B]C.[B]C.[B]C.[B]C.[B]C. The fourth-order valence-electron chi connectivity index (χ4n) is 0. The molecule has 0 aliphatic rings. The summed E-state index contributed by atoms with van der Waals surface area (Å²) in [5.74, 6) is 0. The lowest BCUT2D eigenvalue weighted by Crippen LogP contribution is -1.13. The van der Waals surface area contributed by atoms with E-state index in [0.29, 0.717) is 0 Å². The van der Waals surface area contributed by atoms with Gasteiger partial charge in [-0.15, -0.1) is 0 Å². The Morgan fingerprint density at radius 2 is 0.172 bits per heavy atom. The lowest BCUT2D eigenvalue weighted by molar-refractivity contribution is 1.50. The molecule has 0 spiro atoms. The average Bonchev–Trinajstić information content (AvgIpc) is 2.95. The fraction of sp³-hybridized carbons (Fsp3) is 1.00. The van der Waals surface area contributed by atoms with Crippen molar-refractivity contribution in [2.45, 2.75) is 166 Å². The highest BCUT2D eigenvalue weighted by Crippen LogP contribution is 1.16. The molecule has 29 heavy (non-hydrogen) atoms. The summed E-state index contributed by atoms with van der Waals surface area (Å²) in [5, 5.41) is 0. The van der Waals surface area contributed by atoms with E-state index in [1.807, 2.05) is 125 Å². The van der Waals surface area contributed by atoms with Crippen LogP contribution in [-0.4, -0.2) is 39.2 Å². The van der Waals surface area contributed by atoms with Crippen LogP contribution in [0.4, 0.5) is 0 Å². The molecule has 0 bridgehead atoms. The van der Waals surface area contributed by atoms with E-state index in [1.54, 1.807) is 0 Å². The second-order valence-electron chi connectivity index (χ2n) is 0. The first-order chi connectivity index (χ1) is 14.0. The van der Waals surface area contributed by atoms with Gasteiger partial charge >= 0.3 is 0 Å². The van der Waals surface area contributed by atoms with Crippen LogP contribution in [0.1, 0.15) is 132 Å². The highest BCUT2D eigenvalue weighted by molar-refractivity contribution is 6.06. The lowest BCUT2D eigenvalue weighted by Gasteiger charge is -1.07. The van der Waals surface area contributed by atoms with Crippen molar-refractivity contribution in [3.05, 3.63) is 0 Å². The third kappa shape index (κ3) is 186000. The molecule has 0 aromatic rings. The Labute approximate surface area is 205 Å². The maximum absolute atomic E-state index is 4.50. The van der Waals surface area contributed by atoms with Crippen LogP contribution in [0.5, 0.6) is 0 Å². The third-order valence-corrected chi connectivity index (χ3v) is 0. The van der Waals surface area contributed by atoms with Crippen LogP contribution in [0, 0.1) is 0 Å². The molecule has 0 unspecified atom stereocenters. The van der Waals surface area contributed by atoms with E-state index in [0.717, 1.165) is 0 Å². The van der Waals surface area contributed by atoms with Crippen molar-refractivity contribution in [1.29, 1.82) is 0 Å². The van der Waals surface area contributed by atoms with E-state index >= 15 is 0 Å². The van der Waals surface area contributed by atoms with Gasteiger partial charge in [-0.05, 0) is 0 Å². The van der Waals surface area contributed by atoms with Crippen LogP contribution in [0.15, 0.2) is 0 Å². The van der Waals surface area contributed by atoms with Crippen molar-refractivity contribution in [3.8, 4) is 0 Å². The highest BCUT2D eigenvalue weighted by atomic mass is 13.0. The predicted molar refractivity (Wildman–Crippen MR) is 167 cm³/mol. The summed E-state index contributed by atoms with van der Waals surface area (Å²) in [6.45, 7) is 43.5. The Bertz CT molecular complexity index is 19.2. The van der Waals surface area contributed by atoms with Gasteiger partial charge in [0.05, 0.1) is 39.2 Å². The van der Waals surface area contributed by atoms with E-state index in [-0.39, 0.29) is 7.43 Å². The Kier molecular flexibility index (Phi) is 793000. The maximum atomic E-state index is 4.50. The Hall–Kier alpha value is 0.325. The highest BCUT2D eigenvalue weighted by Gasteiger charge is 0.995. The van der Waals surface area contributed by atoms with Crippen molar-refractivity contribution < 1.29 is 0 Å². The van der Waals surface area contributed by atoms with Gasteiger partial charge in [-0.25, -0.2) is 0 Å². The summed E-state index contributed by atoms with van der Waals surface area (Å²) in [5.41, 5.74) is 0. The minimum absolute atomic E-state index is 0. The van der Waals surface area contributed by atoms with Crippen LogP contribution >= 0.6 is 0 Å². The zero-order valence-corrected chi connectivity index (χ0v) is 25.9. The zero-order valence-electron chi connectivity index (χ0n) is 25.9. The van der Waals surface area contributed by atoms with Gasteiger partial charge < -0.3 is 0 Å². The molecule has 0 atom stereocenters. The van der Waals surface area contributed by atoms with Crippen LogP contribution in [0.3, 0.4) is 0 Å². The minimum atomic E-state index is 0. The normalized spacial score (nSPS) is 2.72. The minimum Gasteiger partial charge on any atom is -0.0999 e. The summed E-state index contributed by atoms with van der Waals surface area (Å²) in [4.78, 5) is 0. The predicted octanol–water partition coefficient (Wildman–Crippen LogP) is 10.9. The maximum Gasteiger partial charge on any atom is 0.0606 e. The van der Waals surface area contributed by atoms with Crippen LogP contribution in [0.25, 0.3) is 0 Å². The van der Waals surface area contributed by atoms with Gasteiger partial charge in [-0.3, -0.25) is 0 Å². The third-order valence-electron chi connectivity index (χ3n) is 0. The summed E-state index contributed by atoms with van der Waals surface area (Å²) in [6.07, 6.45) is 0. The molecule has 0 saturated carbocycles. The smallest absolute Gasteiger partial charge is 0.0606 e. The average molecular weight is 416 g/mol. The molecule has 0 aliphatic heterocycles. The van der Waals surface area contributed by atoms with Crippen molar-refractivity contribution in [2.75, 3.05) is 0 Å². The second kappa shape index (κ2) is 201000. The quantitative estimate of drug-likeness (QED) is 0.345. The van der Waals surface area contributed by atoms with E-state index in [4.69, 9.17) is 0 Å². The van der Waals surface area contributed by atoms with Gasteiger partial charge in [0.2, 0.25) is 0 Å². The number of rotatable bonds is 0. The van der Waals surface area contributed by atoms with Crippen molar-refractivity contribution in [3.63, 3.8) is 0 Å². The van der Waals surface area contributed by atoms with Crippen molar-refractivity contribution in [2.24, 2.45) is 0 Å². The Morgan fingerprint density at radius 1 is 0.172 bits per heavy atom. The van der Waals surface area contributed by atoms with Crippen molar-refractivity contribution >= 4 is 39.2 Å². The molecule has 5 heteroatoms. The molecular weight excluding hydrogens is 342 g/mol. The monoisotopic (exact) mass is 417 g/mol. The van der Waals surface area contributed by atoms with Gasteiger partial charge in [-0.1, -0.05) is 166 Å². The molecule has 0 fully saturated rings. The molecule has 0 amide bonds. The Balaban J connectivity index is -0.00000000558. The van der Waals surface area contributed by atoms with Crippen LogP contribution < -0.4 is 0 Å². The molecule has 184 valence electrons. The first kappa shape index (κ1) is 115. The summed E-state index contributed by atoms with van der Waals surface area (Å²) in [7, 11) is 22.5. The van der Waals surface area contributed by atoms with E-state index in [2.05, 4.69) is 39.2 Å². The zero-order chi connectivity index (χ0) is 28.0. The lowest BCUT2D eigenvalue weighted by atomic mass is 10.2. The van der Waals surface area contributed by atoms with Gasteiger partial charge in [0, 0.05) is 0 Å². The molecule has 0 aromatic carbocycles. The fourth-order valence-corrected chi connectivity index (χ4v) is 0. The van der Waals surface area contributed by atoms with Crippen LogP contribution in [0.2, 0.25) is 34.1 Å². The molecule has 0 aliphatic carbocycles. The van der Waals surface area contributed by atoms with E-state index in [9.17, 15) is 0 Å². The van der Waals surface area contributed by atoms with E-state index < -0.39 is 0 Å². The number of hydrogen-bond acceptors (Lipinski definition) is 0. The number of hydrogen-bond donors (Lipinski definition) is 0. The Morgan fingerprint density at radius 3 is 0.172 bits per heavy atom. The van der Waals surface area contributed by atoms with Gasteiger partial charge in [0.25, 0.3) is 0 Å². The van der Waals surface area contributed by atoms with Gasteiger partial charge in [-0.2, -0.15) is 0 Å². The first-order valence-electron chi connectivity index (χ1n) is 11.9. The summed E-state index contributed by atoms with van der Waals surface area (Å²) in [6, 6.07) is 0. The molecule has 10 radical (unpaired) electrons. The van der Waals surface area contributed by atoms with E-state index in [1.165, 1.54) is 34.1 Å². The molecule has 0 aromatic heterocycles. The van der Waals surface area contributed by atoms with Gasteiger partial charge in [0.15, 0.2) is 0 Å². The largest absolute Gasteiger partial charge is 0.0999 e. The molecule has 0 N–H and O–H groups in total. The van der Waals surface area contributed by atoms with Gasteiger partial charge in [0.1, 0.15) is 0 Å². The molecule has 0 nitrogen and oxygen atoms in total. The summed E-state index contributed by atoms with van der Waals surface area (Å²) >= 11 is 0. The standard InChI is InChI=1S/9C2H6.5CH3B.CH4/c14*1-2;/h9*1-2H3;5*1H3;1H4. The molecular formula is C24H73B5. The summed E-state index contributed by atoms with van der Waals surface area (Å²) < 4.78 is 0. The molecule has 0 rings (SSSR count). The molecule has 0 heterocycles. The van der Waals surface area contributed by atoms with Crippen LogP contribution in [-0.2, 0) is 0 Å². The molecule has 0 saturated heterocycles. The first-order valence-corrected chi connectivity index (χ1v) is 11.9. The van der Waals surface area contributed by atoms with Crippen molar-refractivity contribution in [1.82, 2.24) is 0 Å².